The van der Waals surface area contributed by atoms with E-state index >= 15 is 0 Å². The number of hydrogen-bond acceptors (Lipinski definition) is 3. The Balaban J connectivity index is 1.89. The highest BCUT2D eigenvalue weighted by Crippen LogP contribution is 2.40. The maximum atomic E-state index is 11.6. The average Bonchev–Trinajstić information content (AvgIpc) is 3.27. The summed E-state index contributed by atoms with van der Waals surface area (Å²) >= 11 is 12.4. The normalized spacial score (nSPS) is 11.0. The number of imidazole rings is 1. The predicted octanol–water partition coefficient (Wildman–Crippen LogP) is 8.71. The number of aromatic nitrogens is 2. The standard InChI is InChI=1S/C29H21Cl2N3O2/c1-18-6-15-25(16-19(18)2)33-28(21-9-13-24(31)14-10-21)27(20-7-11-23(30)12-8-20)32-29(33)22-4-3-5-26(17-22)34(35)36/h3-17H,1-2H3. The quantitative estimate of drug-likeness (QED) is 0.174. The Hall–Kier alpha value is -3.93. The number of nitro benzene ring substituents is 1. The molecule has 7 heteroatoms. The summed E-state index contributed by atoms with van der Waals surface area (Å²) in [7, 11) is 0. The molecule has 36 heavy (non-hydrogen) atoms. The molecular weight excluding hydrogens is 493 g/mol. The zero-order chi connectivity index (χ0) is 25.4. The van der Waals surface area contributed by atoms with Crippen LogP contribution in [0.3, 0.4) is 0 Å². The van der Waals surface area contributed by atoms with Gasteiger partial charge in [-0.15, -0.1) is 0 Å². The fourth-order valence-corrected chi connectivity index (χ4v) is 4.42. The lowest BCUT2D eigenvalue weighted by Gasteiger charge is -2.15. The predicted molar refractivity (Wildman–Crippen MR) is 146 cm³/mol. The van der Waals surface area contributed by atoms with E-state index in [-0.39, 0.29) is 5.69 Å². The second kappa shape index (κ2) is 9.61. The number of benzene rings is 4. The van der Waals surface area contributed by atoms with E-state index in [2.05, 4.69) is 30.5 Å². The van der Waals surface area contributed by atoms with Crippen molar-refractivity contribution in [2.45, 2.75) is 13.8 Å². The lowest BCUT2D eigenvalue weighted by atomic mass is 10.0. The van der Waals surface area contributed by atoms with Crippen molar-refractivity contribution < 1.29 is 4.92 Å². The Morgan fingerprint density at radius 1 is 0.750 bits per heavy atom. The van der Waals surface area contributed by atoms with Gasteiger partial charge in [-0.05, 0) is 61.4 Å². The Labute approximate surface area is 218 Å². The zero-order valence-electron chi connectivity index (χ0n) is 19.6. The highest BCUT2D eigenvalue weighted by Gasteiger charge is 2.23. The molecule has 5 rings (SSSR count). The molecule has 4 aromatic carbocycles. The van der Waals surface area contributed by atoms with Gasteiger partial charge in [-0.3, -0.25) is 14.7 Å². The van der Waals surface area contributed by atoms with Crippen LogP contribution in [-0.2, 0) is 0 Å². The fourth-order valence-electron chi connectivity index (χ4n) is 4.17. The van der Waals surface area contributed by atoms with Crippen molar-refractivity contribution in [3.8, 4) is 39.6 Å². The summed E-state index contributed by atoms with van der Waals surface area (Å²) in [6.07, 6.45) is 0. The van der Waals surface area contributed by atoms with Crippen molar-refractivity contribution in [3.05, 3.63) is 122 Å². The minimum atomic E-state index is -0.396. The third kappa shape index (κ3) is 4.51. The molecular formula is C29H21Cl2N3O2. The van der Waals surface area contributed by atoms with E-state index in [1.807, 2.05) is 60.7 Å². The molecule has 0 amide bonds. The Morgan fingerprint density at radius 2 is 1.39 bits per heavy atom. The molecule has 0 saturated carbocycles. The SMILES string of the molecule is Cc1ccc(-n2c(-c3cccc([N+](=O)[O-])c3)nc(-c3ccc(Cl)cc3)c2-c2ccc(Cl)cc2)cc1C. The minimum absolute atomic E-state index is 0.00298. The van der Waals surface area contributed by atoms with Crippen LogP contribution in [0.4, 0.5) is 5.69 Å². The molecule has 178 valence electrons. The maximum absolute atomic E-state index is 11.6. The van der Waals surface area contributed by atoms with Crippen molar-refractivity contribution >= 4 is 28.9 Å². The second-order valence-electron chi connectivity index (χ2n) is 8.56. The molecule has 0 N–H and O–H groups in total. The summed E-state index contributed by atoms with van der Waals surface area (Å²) in [6, 6.07) is 27.8. The van der Waals surface area contributed by atoms with E-state index in [4.69, 9.17) is 28.2 Å². The summed E-state index contributed by atoms with van der Waals surface area (Å²) in [5.74, 6) is 0.594. The molecule has 0 aliphatic heterocycles. The monoisotopic (exact) mass is 513 g/mol. The molecule has 1 aromatic heterocycles. The van der Waals surface area contributed by atoms with Crippen molar-refractivity contribution in [3.63, 3.8) is 0 Å². The van der Waals surface area contributed by atoms with E-state index in [0.717, 1.165) is 33.8 Å². The van der Waals surface area contributed by atoms with Gasteiger partial charge in [-0.1, -0.05) is 65.7 Å². The van der Waals surface area contributed by atoms with Crippen LogP contribution >= 0.6 is 23.2 Å². The molecule has 5 nitrogen and oxygen atoms in total. The first-order valence-electron chi connectivity index (χ1n) is 11.3. The molecule has 0 fully saturated rings. The van der Waals surface area contributed by atoms with Gasteiger partial charge in [-0.25, -0.2) is 4.98 Å². The topological polar surface area (TPSA) is 61.0 Å². The van der Waals surface area contributed by atoms with Gasteiger partial charge in [0.1, 0.15) is 5.82 Å². The first-order valence-corrected chi connectivity index (χ1v) is 12.0. The number of aryl methyl sites for hydroxylation is 2. The Kier molecular flexibility index (Phi) is 6.35. The highest BCUT2D eigenvalue weighted by molar-refractivity contribution is 6.31. The maximum Gasteiger partial charge on any atom is 0.270 e. The first kappa shape index (κ1) is 23.8. The Morgan fingerprint density at radius 3 is 2.00 bits per heavy atom. The van der Waals surface area contributed by atoms with Gasteiger partial charge in [0, 0.05) is 44.6 Å². The third-order valence-corrected chi connectivity index (χ3v) is 6.68. The van der Waals surface area contributed by atoms with Crippen molar-refractivity contribution in [1.82, 2.24) is 9.55 Å². The van der Waals surface area contributed by atoms with Crippen LogP contribution in [0.5, 0.6) is 0 Å². The molecule has 0 aliphatic rings. The second-order valence-corrected chi connectivity index (χ2v) is 9.43. The smallest absolute Gasteiger partial charge is 0.270 e. The van der Waals surface area contributed by atoms with Crippen LogP contribution in [0.25, 0.3) is 39.6 Å². The average molecular weight is 514 g/mol. The molecule has 0 radical (unpaired) electrons. The van der Waals surface area contributed by atoms with E-state index in [1.165, 1.54) is 11.6 Å². The van der Waals surface area contributed by atoms with Crippen molar-refractivity contribution in [1.29, 1.82) is 0 Å². The van der Waals surface area contributed by atoms with Crippen LogP contribution in [0.15, 0.2) is 91.0 Å². The molecule has 0 atom stereocenters. The summed E-state index contributed by atoms with van der Waals surface area (Å²) in [5, 5.41) is 12.8. The number of halogens is 2. The molecule has 0 saturated heterocycles. The van der Waals surface area contributed by atoms with Crippen LogP contribution in [0.2, 0.25) is 10.0 Å². The van der Waals surface area contributed by atoms with Crippen molar-refractivity contribution in [2.75, 3.05) is 0 Å². The number of hydrogen-bond donors (Lipinski definition) is 0. The van der Waals surface area contributed by atoms with Crippen LogP contribution in [0, 0.1) is 24.0 Å². The van der Waals surface area contributed by atoms with Crippen LogP contribution in [-0.4, -0.2) is 14.5 Å². The number of rotatable bonds is 5. The van der Waals surface area contributed by atoms with Gasteiger partial charge in [-0.2, -0.15) is 0 Å². The molecule has 0 spiro atoms. The zero-order valence-corrected chi connectivity index (χ0v) is 21.1. The summed E-state index contributed by atoms with van der Waals surface area (Å²) in [5.41, 5.74) is 7.19. The lowest BCUT2D eigenvalue weighted by molar-refractivity contribution is -0.384. The number of nitro groups is 1. The van der Waals surface area contributed by atoms with E-state index in [9.17, 15) is 10.1 Å². The van der Waals surface area contributed by atoms with E-state index in [0.29, 0.717) is 21.4 Å². The lowest BCUT2D eigenvalue weighted by Crippen LogP contribution is -2.02. The van der Waals surface area contributed by atoms with Gasteiger partial charge in [0.25, 0.3) is 5.69 Å². The van der Waals surface area contributed by atoms with Gasteiger partial charge in [0.05, 0.1) is 16.3 Å². The van der Waals surface area contributed by atoms with Crippen LogP contribution in [0.1, 0.15) is 11.1 Å². The fraction of sp³-hybridized carbons (Fsp3) is 0.0690. The minimum Gasteiger partial charge on any atom is -0.292 e. The molecule has 1 heterocycles. The van der Waals surface area contributed by atoms with Gasteiger partial charge in [0.15, 0.2) is 0 Å². The van der Waals surface area contributed by atoms with Gasteiger partial charge < -0.3 is 0 Å². The largest absolute Gasteiger partial charge is 0.292 e. The van der Waals surface area contributed by atoms with E-state index < -0.39 is 4.92 Å². The number of nitrogens with zero attached hydrogens (tertiary/aromatic N) is 3. The third-order valence-electron chi connectivity index (χ3n) is 6.18. The summed E-state index contributed by atoms with van der Waals surface area (Å²) in [6.45, 7) is 4.12. The van der Waals surface area contributed by atoms with Gasteiger partial charge in [0.2, 0.25) is 0 Å². The first-order chi connectivity index (χ1) is 17.3. The summed E-state index contributed by atoms with van der Waals surface area (Å²) < 4.78 is 2.05. The van der Waals surface area contributed by atoms with E-state index in [1.54, 1.807) is 12.1 Å². The number of non-ortho nitro benzene ring substituents is 1. The Bertz CT molecular complexity index is 1590. The molecule has 0 unspecified atom stereocenters. The van der Waals surface area contributed by atoms with Crippen molar-refractivity contribution in [2.24, 2.45) is 0 Å². The van der Waals surface area contributed by atoms with Gasteiger partial charge >= 0.3 is 0 Å². The molecule has 0 bridgehead atoms. The van der Waals surface area contributed by atoms with Crippen LogP contribution < -0.4 is 0 Å². The molecule has 5 aromatic rings. The summed E-state index contributed by atoms with van der Waals surface area (Å²) in [4.78, 5) is 16.2. The highest BCUT2D eigenvalue weighted by atomic mass is 35.5. The molecule has 0 aliphatic carbocycles.